The Hall–Kier alpha value is -1.40. The minimum Gasteiger partial charge on any atom is -0.379 e. The summed E-state index contributed by atoms with van der Waals surface area (Å²) in [6.07, 6.45) is 3.54. The van der Waals surface area contributed by atoms with Crippen molar-refractivity contribution in [1.82, 2.24) is 19.6 Å². The summed E-state index contributed by atoms with van der Waals surface area (Å²) in [5.41, 5.74) is 0.680. The molecular formula is C15H24N4O2. The Balaban J connectivity index is 1.82. The Labute approximate surface area is 125 Å². The van der Waals surface area contributed by atoms with E-state index >= 15 is 0 Å². The van der Waals surface area contributed by atoms with Crippen molar-refractivity contribution < 1.29 is 9.53 Å². The molecule has 3 rings (SSSR count). The molecule has 2 aliphatic rings. The second-order valence-electron chi connectivity index (χ2n) is 6.54. The molecule has 0 spiro atoms. The summed E-state index contributed by atoms with van der Waals surface area (Å²) in [6, 6.07) is 0.404. The minimum absolute atomic E-state index is 0.0812. The fourth-order valence-electron chi connectivity index (χ4n) is 3.22. The van der Waals surface area contributed by atoms with Crippen molar-refractivity contribution in [2.75, 3.05) is 39.9 Å². The maximum Gasteiger partial charge on any atom is 0.257 e. The molecule has 1 amide bonds. The van der Waals surface area contributed by atoms with Crippen LogP contribution in [0.1, 0.15) is 30.2 Å². The van der Waals surface area contributed by atoms with Gasteiger partial charge in [0.25, 0.3) is 5.91 Å². The van der Waals surface area contributed by atoms with Gasteiger partial charge in [-0.2, -0.15) is 5.10 Å². The summed E-state index contributed by atoms with van der Waals surface area (Å²) in [4.78, 5) is 17.1. The Morgan fingerprint density at radius 3 is 2.86 bits per heavy atom. The molecule has 116 valence electrons. The van der Waals surface area contributed by atoms with Crippen LogP contribution in [0.3, 0.4) is 0 Å². The van der Waals surface area contributed by atoms with E-state index in [0.717, 1.165) is 26.2 Å². The van der Waals surface area contributed by atoms with E-state index in [0.29, 0.717) is 18.1 Å². The van der Waals surface area contributed by atoms with Gasteiger partial charge in [0.05, 0.1) is 31.0 Å². The van der Waals surface area contributed by atoms with Crippen LogP contribution < -0.4 is 0 Å². The fraction of sp³-hybridized carbons (Fsp3) is 0.733. The van der Waals surface area contributed by atoms with Gasteiger partial charge in [0.1, 0.15) is 0 Å². The molecule has 0 unspecified atom stereocenters. The van der Waals surface area contributed by atoms with Crippen LogP contribution >= 0.6 is 0 Å². The summed E-state index contributed by atoms with van der Waals surface area (Å²) < 4.78 is 7.56. The highest BCUT2D eigenvalue weighted by Crippen LogP contribution is 2.21. The highest BCUT2D eigenvalue weighted by molar-refractivity contribution is 5.94. The van der Waals surface area contributed by atoms with Crippen molar-refractivity contribution in [3.8, 4) is 0 Å². The summed E-state index contributed by atoms with van der Waals surface area (Å²) >= 11 is 0. The van der Waals surface area contributed by atoms with Gasteiger partial charge in [-0.15, -0.1) is 0 Å². The number of hydrogen-bond donors (Lipinski definition) is 0. The van der Waals surface area contributed by atoms with Crippen molar-refractivity contribution in [3.63, 3.8) is 0 Å². The Bertz CT molecular complexity index is 514. The van der Waals surface area contributed by atoms with Crippen molar-refractivity contribution >= 4 is 5.91 Å². The summed E-state index contributed by atoms with van der Waals surface area (Å²) in [7, 11) is 2.12. The third-order valence-corrected chi connectivity index (χ3v) is 4.29. The lowest BCUT2D eigenvalue weighted by Crippen LogP contribution is -2.45. The van der Waals surface area contributed by atoms with Crippen molar-refractivity contribution in [1.29, 1.82) is 0 Å². The molecule has 6 nitrogen and oxygen atoms in total. The van der Waals surface area contributed by atoms with Crippen LogP contribution in [0.4, 0.5) is 0 Å². The molecule has 2 saturated heterocycles. The Morgan fingerprint density at radius 1 is 1.33 bits per heavy atom. The molecule has 1 aromatic heterocycles. The number of hydrogen-bond acceptors (Lipinski definition) is 4. The van der Waals surface area contributed by atoms with E-state index in [4.69, 9.17) is 4.74 Å². The maximum absolute atomic E-state index is 12.8. The molecule has 0 aromatic carbocycles. The molecule has 0 aliphatic carbocycles. The number of aromatic nitrogens is 2. The smallest absolute Gasteiger partial charge is 0.257 e. The van der Waals surface area contributed by atoms with Gasteiger partial charge in [-0.05, 0) is 20.9 Å². The van der Waals surface area contributed by atoms with Crippen molar-refractivity contribution in [2.24, 2.45) is 5.92 Å². The summed E-state index contributed by atoms with van der Waals surface area (Å²) in [6.45, 7) is 8.14. The molecule has 0 radical (unpaired) electrons. The van der Waals surface area contributed by atoms with E-state index in [1.807, 2.05) is 15.8 Å². The van der Waals surface area contributed by atoms with Gasteiger partial charge in [0.2, 0.25) is 0 Å². The second-order valence-corrected chi connectivity index (χ2v) is 6.54. The molecule has 2 aliphatic heterocycles. The number of fused-ring (bicyclic) bond motifs is 3. The number of carbonyl (C=O) groups excluding carboxylic acids is 1. The predicted molar refractivity (Wildman–Crippen MR) is 79.2 cm³/mol. The Morgan fingerprint density at radius 2 is 2.14 bits per heavy atom. The van der Waals surface area contributed by atoms with Gasteiger partial charge >= 0.3 is 0 Å². The first kappa shape index (κ1) is 14.5. The van der Waals surface area contributed by atoms with E-state index in [9.17, 15) is 4.79 Å². The van der Waals surface area contributed by atoms with Crippen LogP contribution in [0, 0.1) is 5.92 Å². The first-order valence-corrected chi connectivity index (χ1v) is 7.66. The molecular weight excluding hydrogens is 268 g/mol. The number of carbonyl (C=O) groups is 1. The fourth-order valence-corrected chi connectivity index (χ4v) is 3.22. The van der Waals surface area contributed by atoms with E-state index in [2.05, 4.69) is 30.9 Å². The molecule has 0 N–H and O–H groups in total. The largest absolute Gasteiger partial charge is 0.379 e. The third-order valence-electron chi connectivity index (χ3n) is 4.29. The first-order chi connectivity index (χ1) is 10.0. The lowest BCUT2D eigenvalue weighted by Gasteiger charge is -2.29. The predicted octanol–water partition coefficient (Wildman–Crippen LogP) is 0.867. The quantitative estimate of drug-likeness (QED) is 0.811. The molecule has 2 bridgehead atoms. The number of ether oxygens (including phenoxy) is 1. The molecule has 21 heavy (non-hydrogen) atoms. The average Bonchev–Trinajstić information content (AvgIpc) is 2.76. The van der Waals surface area contributed by atoms with Gasteiger partial charge in [-0.1, -0.05) is 0 Å². The SMILES string of the molecule is CC(C)n1cc(C(=O)N2C[C@H]3COC[C@@H]2CN(C)C3)cn1. The topological polar surface area (TPSA) is 50.6 Å². The lowest BCUT2D eigenvalue weighted by atomic mass is 10.1. The van der Waals surface area contributed by atoms with Crippen LogP contribution in [0.25, 0.3) is 0 Å². The average molecular weight is 292 g/mol. The van der Waals surface area contributed by atoms with E-state index in [1.165, 1.54) is 0 Å². The maximum atomic E-state index is 12.8. The van der Waals surface area contributed by atoms with Crippen LogP contribution in [0.2, 0.25) is 0 Å². The zero-order valence-corrected chi connectivity index (χ0v) is 13.0. The highest BCUT2D eigenvalue weighted by atomic mass is 16.5. The van der Waals surface area contributed by atoms with Crippen LogP contribution in [0.15, 0.2) is 12.4 Å². The highest BCUT2D eigenvalue weighted by Gasteiger charge is 2.35. The van der Waals surface area contributed by atoms with Crippen LogP contribution in [-0.4, -0.2) is 71.4 Å². The van der Waals surface area contributed by atoms with E-state index in [-0.39, 0.29) is 18.0 Å². The number of amides is 1. The van der Waals surface area contributed by atoms with Crippen molar-refractivity contribution in [3.05, 3.63) is 18.0 Å². The van der Waals surface area contributed by atoms with E-state index < -0.39 is 0 Å². The van der Waals surface area contributed by atoms with Crippen molar-refractivity contribution in [2.45, 2.75) is 25.9 Å². The molecule has 0 saturated carbocycles. The van der Waals surface area contributed by atoms with Gasteiger partial charge in [-0.3, -0.25) is 9.48 Å². The zero-order valence-electron chi connectivity index (χ0n) is 13.0. The van der Waals surface area contributed by atoms with Crippen LogP contribution in [-0.2, 0) is 4.74 Å². The lowest BCUT2D eigenvalue weighted by molar-refractivity contribution is 0.0483. The molecule has 6 heteroatoms. The Kier molecular flexibility index (Phi) is 3.99. The number of likely N-dealkylation sites (N-methyl/N-ethyl adjacent to an activating group) is 1. The number of nitrogens with zero attached hydrogens (tertiary/aromatic N) is 4. The summed E-state index contributed by atoms with van der Waals surface area (Å²) in [5.74, 6) is 0.476. The van der Waals surface area contributed by atoms with Crippen LogP contribution in [0.5, 0.6) is 0 Å². The van der Waals surface area contributed by atoms with E-state index in [1.54, 1.807) is 6.20 Å². The van der Waals surface area contributed by atoms with Gasteiger partial charge in [-0.25, -0.2) is 0 Å². The standard InChI is InChI=1S/C15H24N4O2/c1-11(2)19-7-13(4-16-19)15(20)18-6-12-5-17(3)8-14(18)10-21-9-12/h4,7,11-12,14H,5-6,8-10H2,1-3H3/t12-,14-/m0/s1. The monoisotopic (exact) mass is 292 g/mol. The first-order valence-electron chi connectivity index (χ1n) is 7.66. The normalized spacial score (nSPS) is 27.0. The minimum atomic E-state index is 0.0812. The number of rotatable bonds is 2. The summed E-state index contributed by atoms with van der Waals surface area (Å²) in [5, 5.41) is 4.28. The molecule has 2 atom stereocenters. The molecule has 1 aromatic rings. The third kappa shape index (κ3) is 2.96. The molecule has 2 fully saturated rings. The van der Waals surface area contributed by atoms with Gasteiger partial charge in [0, 0.05) is 37.8 Å². The molecule has 3 heterocycles. The second kappa shape index (κ2) is 5.77. The van der Waals surface area contributed by atoms with Gasteiger partial charge < -0.3 is 14.5 Å². The zero-order chi connectivity index (χ0) is 15.0. The van der Waals surface area contributed by atoms with Gasteiger partial charge in [0.15, 0.2) is 0 Å².